The van der Waals surface area contributed by atoms with E-state index in [2.05, 4.69) is 4.98 Å². The van der Waals surface area contributed by atoms with E-state index in [4.69, 9.17) is 0 Å². The zero-order valence-corrected chi connectivity index (χ0v) is 17.4. The summed E-state index contributed by atoms with van der Waals surface area (Å²) in [5.74, 6) is 1.38. The van der Waals surface area contributed by atoms with Crippen LogP contribution in [0.4, 0.5) is 11.5 Å². The molecule has 27 heavy (non-hydrogen) atoms. The Kier molecular flexibility index (Phi) is 5.65. The number of carbonyl (C=O) groups excluding carboxylic acids is 1. The van der Waals surface area contributed by atoms with Crippen LogP contribution in [0.5, 0.6) is 0 Å². The molecule has 1 amide bonds. The SMILES string of the molecule is Cc1cccc(N(C(=O)[C@@H]2CS(=O)CN2c2cc(C)cc(C)n2)C(C)C)c1. The monoisotopic (exact) mass is 385 g/mol. The minimum atomic E-state index is -1.07. The number of aryl methyl sites for hydroxylation is 3. The number of carbonyl (C=O) groups is 1. The molecule has 3 rings (SSSR count). The minimum Gasteiger partial charge on any atom is -0.332 e. The molecule has 0 aliphatic carbocycles. The summed E-state index contributed by atoms with van der Waals surface area (Å²) >= 11 is 0. The maximum absolute atomic E-state index is 13.5. The van der Waals surface area contributed by atoms with Crippen LogP contribution in [0, 0.1) is 20.8 Å². The van der Waals surface area contributed by atoms with E-state index in [1.165, 1.54) is 0 Å². The molecule has 0 spiro atoms. The van der Waals surface area contributed by atoms with Gasteiger partial charge in [0.1, 0.15) is 11.9 Å². The Morgan fingerprint density at radius 1 is 1.19 bits per heavy atom. The van der Waals surface area contributed by atoms with Gasteiger partial charge >= 0.3 is 0 Å². The van der Waals surface area contributed by atoms with E-state index in [0.717, 1.165) is 28.3 Å². The van der Waals surface area contributed by atoms with Gasteiger partial charge in [-0.2, -0.15) is 0 Å². The number of pyridine rings is 1. The molecule has 6 heteroatoms. The minimum absolute atomic E-state index is 0.00221. The molecule has 0 N–H and O–H groups in total. The lowest BCUT2D eigenvalue weighted by Gasteiger charge is -2.33. The van der Waals surface area contributed by atoms with Crippen molar-refractivity contribution >= 4 is 28.2 Å². The third-order valence-electron chi connectivity index (χ3n) is 4.70. The van der Waals surface area contributed by atoms with Crippen LogP contribution in [0.2, 0.25) is 0 Å². The van der Waals surface area contributed by atoms with E-state index >= 15 is 0 Å². The average Bonchev–Trinajstić information content (AvgIpc) is 2.96. The van der Waals surface area contributed by atoms with E-state index < -0.39 is 16.8 Å². The lowest BCUT2D eigenvalue weighted by molar-refractivity contribution is -0.119. The maximum Gasteiger partial charge on any atom is 0.250 e. The first-order valence-electron chi connectivity index (χ1n) is 9.23. The van der Waals surface area contributed by atoms with Gasteiger partial charge < -0.3 is 9.80 Å². The highest BCUT2D eigenvalue weighted by Gasteiger charge is 2.39. The third kappa shape index (κ3) is 4.21. The molecular formula is C21H27N3O2S. The topological polar surface area (TPSA) is 53.5 Å². The molecule has 1 saturated heterocycles. The normalized spacial score (nSPS) is 19.6. The van der Waals surface area contributed by atoms with Gasteiger partial charge in [0.25, 0.3) is 5.91 Å². The van der Waals surface area contributed by atoms with Crippen molar-refractivity contribution in [2.24, 2.45) is 0 Å². The molecule has 0 bridgehead atoms. The maximum atomic E-state index is 13.5. The number of hydrogen-bond donors (Lipinski definition) is 0. The van der Waals surface area contributed by atoms with Crippen molar-refractivity contribution in [3.8, 4) is 0 Å². The first-order chi connectivity index (χ1) is 12.8. The van der Waals surface area contributed by atoms with Crippen molar-refractivity contribution in [1.82, 2.24) is 4.98 Å². The Morgan fingerprint density at radius 2 is 1.93 bits per heavy atom. The summed E-state index contributed by atoms with van der Waals surface area (Å²) in [5.41, 5.74) is 3.96. The molecule has 1 unspecified atom stereocenters. The van der Waals surface area contributed by atoms with Gasteiger partial charge in [-0.1, -0.05) is 12.1 Å². The highest BCUT2D eigenvalue weighted by Crippen LogP contribution is 2.27. The molecule has 0 radical (unpaired) electrons. The van der Waals surface area contributed by atoms with Gasteiger partial charge in [0, 0.05) is 28.2 Å². The average molecular weight is 386 g/mol. The van der Waals surface area contributed by atoms with E-state index in [9.17, 15) is 9.00 Å². The summed E-state index contributed by atoms with van der Waals surface area (Å²) in [6.45, 7) is 9.97. The summed E-state index contributed by atoms with van der Waals surface area (Å²) < 4.78 is 12.4. The summed E-state index contributed by atoms with van der Waals surface area (Å²) in [4.78, 5) is 21.8. The molecule has 144 valence electrons. The molecule has 1 aromatic carbocycles. The molecule has 1 aromatic heterocycles. The Balaban J connectivity index is 1.98. The van der Waals surface area contributed by atoms with E-state index in [-0.39, 0.29) is 11.9 Å². The van der Waals surface area contributed by atoms with Crippen molar-refractivity contribution in [3.05, 3.63) is 53.2 Å². The number of amides is 1. The quantitative estimate of drug-likeness (QED) is 0.810. The van der Waals surface area contributed by atoms with Crippen LogP contribution in [-0.2, 0) is 15.6 Å². The second kappa shape index (κ2) is 7.80. The largest absolute Gasteiger partial charge is 0.332 e. The summed E-state index contributed by atoms with van der Waals surface area (Å²) in [7, 11) is -1.07. The Morgan fingerprint density at radius 3 is 2.56 bits per heavy atom. The second-order valence-corrected chi connectivity index (χ2v) is 8.98. The van der Waals surface area contributed by atoms with Crippen molar-refractivity contribution in [2.45, 2.75) is 46.7 Å². The number of anilines is 2. The van der Waals surface area contributed by atoms with Gasteiger partial charge in [-0.05, 0) is 70.0 Å². The molecule has 1 aliphatic heterocycles. The fraction of sp³-hybridized carbons (Fsp3) is 0.429. The molecule has 1 fully saturated rings. The zero-order valence-electron chi connectivity index (χ0n) is 16.6. The second-order valence-electron chi connectivity index (χ2n) is 7.51. The Hall–Kier alpha value is -2.21. The van der Waals surface area contributed by atoms with E-state index in [1.54, 1.807) is 0 Å². The van der Waals surface area contributed by atoms with Gasteiger partial charge in [-0.25, -0.2) is 4.98 Å². The van der Waals surface area contributed by atoms with Crippen LogP contribution in [0.3, 0.4) is 0 Å². The van der Waals surface area contributed by atoms with Crippen molar-refractivity contribution in [3.63, 3.8) is 0 Å². The predicted molar refractivity (Wildman–Crippen MR) is 112 cm³/mol. The smallest absolute Gasteiger partial charge is 0.250 e. The zero-order chi connectivity index (χ0) is 19.7. The van der Waals surface area contributed by atoms with Gasteiger partial charge in [0.05, 0.1) is 11.6 Å². The van der Waals surface area contributed by atoms with E-state index in [1.807, 2.05) is 80.8 Å². The van der Waals surface area contributed by atoms with Crippen molar-refractivity contribution in [1.29, 1.82) is 0 Å². The van der Waals surface area contributed by atoms with E-state index in [0.29, 0.717) is 11.6 Å². The van der Waals surface area contributed by atoms with Crippen LogP contribution in [-0.4, -0.2) is 38.8 Å². The Labute approximate surface area is 163 Å². The highest BCUT2D eigenvalue weighted by molar-refractivity contribution is 7.85. The van der Waals surface area contributed by atoms with Crippen molar-refractivity contribution < 1.29 is 9.00 Å². The number of rotatable bonds is 4. The van der Waals surface area contributed by atoms with Gasteiger partial charge in [0.15, 0.2) is 0 Å². The number of nitrogens with zero attached hydrogens (tertiary/aromatic N) is 3. The van der Waals surface area contributed by atoms with Gasteiger partial charge in [-0.15, -0.1) is 0 Å². The first-order valence-corrected chi connectivity index (χ1v) is 10.7. The van der Waals surface area contributed by atoms with Crippen LogP contribution in [0.1, 0.15) is 30.7 Å². The summed E-state index contributed by atoms with van der Waals surface area (Å²) in [6.07, 6.45) is 0. The van der Waals surface area contributed by atoms with Crippen molar-refractivity contribution in [2.75, 3.05) is 21.4 Å². The first kappa shape index (κ1) is 19.5. The van der Waals surface area contributed by atoms with Crippen LogP contribution >= 0.6 is 0 Å². The molecule has 2 heterocycles. The summed E-state index contributed by atoms with van der Waals surface area (Å²) in [5, 5.41) is 0. The highest BCUT2D eigenvalue weighted by atomic mass is 32.2. The summed E-state index contributed by atoms with van der Waals surface area (Å²) in [6, 6.07) is 11.4. The molecule has 0 saturated carbocycles. The fourth-order valence-corrected chi connectivity index (χ4v) is 4.98. The van der Waals surface area contributed by atoms with Crippen LogP contribution in [0.25, 0.3) is 0 Å². The van der Waals surface area contributed by atoms with Crippen LogP contribution < -0.4 is 9.80 Å². The predicted octanol–water partition coefficient (Wildman–Crippen LogP) is 3.34. The Bertz CT molecular complexity index is 861. The van der Waals surface area contributed by atoms with Gasteiger partial charge in [0.2, 0.25) is 0 Å². The fourth-order valence-electron chi connectivity index (χ4n) is 3.58. The molecule has 2 aromatic rings. The molecular weight excluding hydrogens is 358 g/mol. The molecule has 2 atom stereocenters. The van der Waals surface area contributed by atoms with Gasteiger partial charge in [-0.3, -0.25) is 9.00 Å². The van der Waals surface area contributed by atoms with Crippen LogP contribution in [0.15, 0.2) is 36.4 Å². The molecule has 5 nitrogen and oxygen atoms in total. The molecule has 1 aliphatic rings. The number of benzene rings is 1. The lowest BCUT2D eigenvalue weighted by atomic mass is 10.1. The lowest BCUT2D eigenvalue weighted by Crippen LogP contribution is -2.50. The third-order valence-corrected chi connectivity index (χ3v) is 5.95. The number of hydrogen-bond acceptors (Lipinski definition) is 4. The number of aromatic nitrogens is 1. The standard InChI is InChI=1S/C21H27N3O2S/c1-14(2)24(18-8-6-7-15(3)10-18)21(25)19-12-27(26)13-23(19)20-11-16(4)9-17(5)22-20/h6-11,14,19H,12-13H2,1-5H3/t19-,27?/m0/s1.